The summed E-state index contributed by atoms with van der Waals surface area (Å²) in [4.78, 5) is 16.8. The van der Waals surface area contributed by atoms with Gasteiger partial charge in [0.2, 0.25) is 10.0 Å². The molecule has 2 aromatic carbocycles. The highest BCUT2D eigenvalue weighted by atomic mass is 32.2. The number of ether oxygens (including phenoxy) is 1. The molecule has 7 nitrogen and oxygen atoms in total. The van der Waals surface area contributed by atoms with Crippen molar-refractivity contribution in [2.24, 2.45) is 0 Å². The van der Waals surface area contributed by atoms with Crippen LogP contribution in [0.25, 0.3) is 0 Å². The Morgan fingerprint density at radius 2 is 1.86 bits per heavy atom. The monoisotopic (exact) mass is 417 g/mol. The van der Waals surface area contributed by atoms with Crippen molar-refractivity contribution in [2.45, 2.75) is 17.9 Å². The topological polar surface area (TPSA) is 70.2 Å². The smallest absolute Gasteiger partial charge is 0.253 e. The van der Waals surface area contributed by atoms with E-state index < -0.39 is 10.0 Å². The lowest BCUT2D eigenvalue weighted by atomic mass is 10.1. The van der Waals surface area contributed by atoms with Crippen molar-refractivity contribution in [3.8, 4) is 5.75 Å². The normalized spacial score (nSPS) is 16.3. The van der Waals surface area contributed by atoms with Crippen molar-refractivity contribution < 1.29 is 17.9 Å². The minimum absolute atomic E-state index is 0.0988. The molecule has 0 fully saturated rings. The Kier molecular flexibility index (Phi) is 6.14. The standard InChI is InChI=1S/C21H27N3O4S/c1-5-24-15-17(28-20-12-7-6-11-19(20)24)14-23(4)21(25)16-9-8-10-18(13-16)29(26,27)22(2)3/h6-13,17H,5,14-15H2,1-4H3/t17-/m0/s1. The second-order valence-corrected chi connectivity index (χ2v) is 9.40. The van der Waals surface area contributed by atoms with Crippen molar-refractivity contribution in [3.05, 3.63) is 54.1 Å². The molecule has 0 spiro atoms. The maximum absolute atomic E-state index is 12.9. The maximum atomic E-state index is 12.9. The van der Waals surface area contributed by atoms with Gasteiger partial charge in [0.15, 0.2) is 0 Å². The number of carbonyl (C=O) groups excluding carboxylic acids is 1. The molecule has 1 amide bonds. The quantitative estimate of drug-likeness (QED) is 0.721. The predicted molar refractivity (Wildman–Crippen MR) is 113 cm³/mol. The Bertz CT molecular complexity index is 991. The number of rotatable bonds is 6. The molecule has 3 rings (SSSR count). The Morgan fingerprint density at radius 3 is 2.55 bits per heavy atom. The van der Waals surface area contributed by atoms with Crippen molar-refractivity contribution in [1.82, 2.24) is 9.21 Å². The van der Waals surface area contributed by atoms with E-state index in [1.807, 2.05) is 24.3 Å². The summed E-state index contributed by atoms with van der Waals surface area (Å²) in [7, 11) is 1.04. The lowest BCUT2D eigenvalue weighted by Crippen LogP contribution is -2.46. The van der Waals surface area contributed by atoms with Gasteiger partial charge in [-0.05, 0) is 37.3 Å². The van der Waals surface area contributed by atoms with Crippen LogP contribution < -0.4 is 9.64 Å². The number of anilines is 1. The fourth-order valence-electron chi connectivity index (χ4n) is 3.38. The highest BCUT2D eigenvalue weighted by Gasteiger charge is 2.27. The summed E-state index contributed by atoms with van der Waals surface area (Å²) in [5.74, 6) is 0.567. The van der Waals surface area contributed by atoms with Crippen LogP contribution in [0.1, 0.15) is 17.3 Å². The summed E-state index contributed by atoms with van der Waals surface area (Å²) in [6.45, 7) is 4.01. The molecular formula is C21H27N3O4S. The Morgan fingerprint density at radius 1 is 1.14 bits per heavy atom. The van der Waals surface area contributed by atoms with Gasteiger partial charge in [-0.1, -0.05) is 18.2 Å². The lowest BCUT2D eigenvalue weighted by molar-refractivity contribution is 0.0709. The number of hydrogen-bond donors (Lipinski definition) is 0. The molecule has 0 aliphatic carbocycles. The second kappa shape index (κ2) is 8.42. The number of fused-ring (bicyclic) bond motifs is 1. The third-order valence-electron chi connectivity index (χ3n) is 4.99. The number of nitrogens with zero attached hydrogens (tertiary/aromatic N) is 3. The molecule has 0 radical (unpaired) electrons. The average Bonchev–Trinajstić information content (AvgIpc) is 2.72. The van der Waals surface area contributed by atoms with Crippen LogP contribution in [-0.4, -0.2) is 70.4 Å². The van der Waals surface area contributed by atoms with Gasteiger partial charge in [0.25, 0.3) is 5.91 Å². The van der Waals surface area contributed by atoms with E-state index in [4.69, 9.17) is 4.74 Å². The number of carbonyl (C=O) groups is 1. The summed E-state index contributed by atoms with van der Waals surface area (Å²) in [6, 6.07) is 14.0. The zero-order valence-corrected chi connectivity index (χ0v) is 18.0. The molecule has 0 unspecified atom stereocenters. The molecule has 29 heavy (non-hydrogen) atoms. The molecular weight excluding hydrogens is 390 g/mol. The van der Waals surface area contributed by atoms with E-state index in [1.165, 1.54) is 26.2 Å². The van der Waals surface area contributed by atoms with Gasteiger partial charge in [-0.3, -0.25) is 4.79 Å². The first-order valence-corrected chi connectivity index (χ1v) is 11.0. The van der Waals surface area contributed by atoms with Gasteiger partial charge < -0.3 is 14.5 Å². The van der Waals surface area contributed by atoms with Crippen molar-refractivity contribution in [3.63, 3.8) is 0 Å². The molecule has 0 aromatic heterocycles. The molecule has 0 saturated carbocycles. The molecule has 1 aliphatic heterocycles. The van der Waals surface area contributed by atoms with Gasteiger partial charge in [-0.2, -0.15) is 0 Å². The van der Waals surface area contributed by atoms with Crippen LogP contribution in [0.3, 0.4) is 0 Å². The van der Waals surface area contributed by atoms with E-state index in [2.05, 4.69) is 11.8 Å². The van der Waals surface area contributed by atoms with E-state index in [9.17, 15) is 13.2 Å². The minimum Gasteiger partial charge on any atom is -0.485 e. The maximum Gasteiger partial charge on any atom is 0.253 e. The zero-order valence-electron chi connectivity index (χ0n) is 17.2. The van der Waals surface area contributed by atoms with Gasteiger partial charge in [0.05, 0.1) is 23.7 Å². The number of benzene rings is 2. The molecule has 1 heterocycles. The summed E-state index contributed by atoms with van der Waals surface area (Å²) < 4.78 is 31.9. The van der Waals surface area contributed by atoms with E-state index >= 15 is 0 Å². The summed E-state index contributed by atoms with van der Waals surface area (Å²) in [5, 5.41) is 0. The Hall–Kier alpha value is -2.58. The van der Waals surface area contributed by atoms with E-state index in [0.717, 1.165) is 22.3 Å². The third-order valence-corrected chi connectivity index (χ3v) is 6.80. The SMILES string of the molecule is CCN1C[C@H](CN(C)C(=O)c2cccc(S(=O)(=O)N(C)C)c2)Oc2ccccc21. The second-order valence-electron chi connectivity index (χ2n) is 7.25. The third kappa shape index (κ3) is 4.38. The number of sulfonamides is 1. The fraction of sp³-hybridized carbons (Fsp3) is 0.381. The van der Waals surface area contributed by atoms with Gasteiger partial charge in [-0.15, -0.1) is 0 Å². The highest BCUT2D eigenvalue weighted by Crippen LogP contribution is 2.33. The number of para-hydroxylation sites is 2. The average molecular weight is 418 g/mol. The molecule has 1 atom stereocenters. The van der Waals surface area contributed by atoms with Crippen molar-refractivity contribution in [1.29, 1.82) is 0 Å². The van der Waals surface area contributed by atoms with Crippen LogP contribution in [0, 0.1) is 0 Å². The minimum atomic E-state index is -3.60. The molecule has 0 bridgehead atoms. The van der Waals surface area contributed by atoms with Crippen molar-refractivity contribution >= 4 is 21.6 Å². The van der Waals surface area contributed by atoms with Crippen LogP contribution in [0.15, 0.2) is 53.4 Å². The molecule has 0 N–H and O–H groups in total. The number of hydrogen-bond acceptors (Lipinski definition) is 5. The summed E-state index contributed by atoms with van der Waals surface area (Å²) >= 11 is 0. The van der Waals surface area contributed by atoms with Gasteiger partial charge in [0.1, 0.15) is 11.9 Å². The Labute approximate surface area is 172 Å². The van der Waals surface area contributed by atoms with Crippen LogP contribution in [-0.2, 0) is 10.0 Å². The largest absolute Gasteiger partial charge is 0.485 e. The molecule has 1 aliphatic rings. The van der Waals surface area contributed by atoms with Gasteiger partial charge >= 0.3 is 0 Å². The van der Waals surface area contributed by atoms with E-state index in [1.54, 1.807) is 24.1 Å². The van der Waals surface area contributed by atoms with Crippen LogP contribution >= 0.6 is 0 Å². The zero-order chi connectivity index (χ0) is 21.2. The first-order valence-electron chi connectivity index (χ1n) is 9.52. The lowest BCUT2D eigenvalue weighted by Gasteiger charge is -2.37. The van der Waals surface area contributed by atoms with E-state index in [0.29, 0.717) is 18.7 Å². The van der Waals surface area contributed by atoms with Crippen LogP contribution in [0.5, 0.6) is 5.75 Å². The number of amides is 1. The summed E-state index contributed by atoms with van der Waals surface area (Å²) in [5.41, 5.74) is 1.39. The van der Waals surface area contributed by atoms with Crippen molar-refractivity contribution in [2.75, 3.05) is 45.7 Å². The first kappa shape index (κ1) is 21.1. The van der Waals surface area contributed by atoms with Crippen LogP contribution in [0.2, 0.25) is 0 Å². The fourth-order valence-corrected chi connectivity index (χ4v) is 4.33. The Balaban J connectivity index is 1.75. The number of likely N-dealkylation sites (N-methyl/N-ethyl adjacent to an activating group) is 2. The van der Waals surface area contributed by atoms with Gasteiger partial charge in [0, 0.05) is 33.3 Å². The molecule has 8 heteroatoms. The highest BCUT2D eigenvalue weighted by molar-refractivity contribution is 7.89. The molecule has 156 valence electrons. The van der Waals surface area contributed by atoms with E-state index in [-0.39, 0.29) is 16.9 Å². The predicted octanol–water partition coefficient (Wildman–Crippen LogP) is 2.30. The first-order chi connectivity index (χ1) is 13.7. The molecule has 2 aromatic rings. The summed E-state index contributed by atoms with van der Waals surface area (Å²) in [6.07, 6.45) is -0.174. The van der Waals surface area contributed by atoms with Crippen LogP contribution in [0.4, 0.5) is 5.69 Å². The van der Waals surface area contributed by atoms with Gasteiger partial charge in [-0.25, -0.2) is 12.7 Å². The molecule has 0 saturated heterocycles.